The zero-order valence-corrected chi connectivity index (χ0v) is 23.6. The van der Waals surface area contributed by atoms with Gasteiger partial charge in [0.1, 0.15) is 0 Å². The number of hydrogen-bond donors (Lipinski definition) is 0. The van der Waals surface area contributed by atoms with Gasteiger partial charge >= 0.3 is 226 Å². The molecular formula is C33H35O4P. The van der Waals surface area contributed by atoms with Gasteiger partial charge in [-0.1, -0.05) is 0 Å². The fraction of sp³-hybridized carbons (Fsp3) is 0.212. The van der Waals surface area contributed by atoms with Gasteiger partial charge < -0.3 is 0 Å². The van der Waals surface area contributed by atoms with Crippen molar-refractivity contribution in [1.82, 2.24) is 0 Å². The summed E-state index contributed by atoms with van der Waals surface area (Å²) in [4.78, 5) is 25.6. The molecule has 38 heavy (non-hydrogen) atoms. The van der Waals surface area contributed by atoms with E-state index in [2.05, 4.69) is 106 Å². The van der Waals surface area contributed by atoms with E-state index in [1.165, 1.54) is 6.92 Å². The van der Waals surface area contributed by atoms with E-state index in [4.69, 9.17) is 9.47 Å². The molecule has 0 amide bonds. The van der Waals surface area contributed by atoms with E-state index in [0.717, 1.165) is 43.9 Å². The summed E-state index contributed by atoms with van der Waals surface area (Å²) in [5.74, 6) is -0.357. The van der Waals surface area contributed by atoms with E-state index < -0.39 is 18.5 Å². The molecule has 196 valence electrons. The van der Waals surface area contributed by atoms with Crippen molar-refractivity contribution >= 4 is 34.5 Å². The van der Waals surface area contributed by atoms with Crippen molar-refractivity contribution in [2.24, 2.45) is 0 Å². The topological polar surface area (TPSA) is 52.6 Å². The van der Waals surface area contributed by atoms with E-state index >= 15 is 0 Å². The van der Waals surface area contributed by atoms with Crippen LogP contribution < -0.4 is 20.7 Å². The third kappa shape index (κ3) is 5.14. The third-order valence-electron chi connectivity index (χ3n) is 7.40. The predicted molar refractivity (Wildman–Crippen MR) is 158 cm³/mol. The molecule has 0 unspecified atom stereocenters. The first-order valence-corrected chi connectivity index (χ1v) is 15.3. The summed E-state index contributed by atoms with van der Waals surface area (Å²) < 4.78 is 10.7. The van der Waals surface area contributed by atoms with Crippen LogP contribution in [-0.2, 0) is 20.5 Å². The first-order chi connectivity index (χ1) is 18.2. The third-order valence-corrected chi connectivity index (χ3v) is 14.1. The Morgan fingerprint density at radius 1 is 0.632 bits per heavy atom. The molecule has 0 atom stereocenters. The monoisotopic (exact) mass is 526 g/mol. The van der Waals surface area contributed by atoms with Gasteiger partial charge in [0.05, 0.1) is 0 Å². The molecule has 4 rings (SSSR count). The zero-order valence-electron chi connectivity index (χ0n) is 22.7. The van der Waals surface area contributed by atoms with Crippen LogP contribution in [-0.4, -0.2) is 25.2 Å². The Morgan fingerprint density at radius 3 is 1.37 bits per heavy atom. The second kappa shape index (κ2) is 10.9. The molecule has 0 fully saturated rings. The van der Waals surface area contributed by atoms with Crippen LogP contribution in [0, 0.1) is 20.8 Å². The second-order valence-electron chi connectivity index (χ2n) is 10.1. The molecule has 0 saturated carbocycles. The van der Waals surface area contributed by atoms with Crippen LogP contribution in [0.3, 0.4) is 0 Å². The molecule has 0 aliphatic heterocycles. The van der Waals surface area contributed by atoms with E-state index in [-0.39, 0.29) is 6.16 Å². The van der Waals surface area contributed by atoms with Gasteiger partial charge in [-0.05, 0) is 0 Å². The van der Waals surface area contributed by atoms with Crippen molar-refractivity contribution in [3.05, 3.63) is 119 Å². The van der Waals surface area contributed by atoms with Crippen molar-refractivity contribution in [3.63, 3.8) is 0 Å². The number of carbonyl (C=O) groups is 2. The quantitative estimate of drug-likeness (QED) is 0.167. The average Bonchev–Trinajstić information content (AvgIpc) is 2.89. The fourth-order valence-corrected chi connectivity index (χ4v) is 11.7. The summed E-state index contributed by atoms with van der Waals surface area (Å²) in [6.45, 7) is 3.81. The predicted octanol–water partition coefficient (Wildman–Crippen LogP) is 5.74. The van der Waals surface area contributed by atoms with Crippen LogP contribution in [0.5, 0.6) is 5.75 Å². The fourth-order valence-electron chi connectivity index (χ4n) is 5.38. The first-order valence-electron chi connectivity index (χ1n) is 12.7. The second-order valence-corrected chi connectivity index (χ2v) is 15.3. The molecule has 4 aromatic carbocycles. The Kier molecular flexibility index (Phi) is 7.85. The van der Waals surface area contributed by atoms with Gasteiger partial charge in [-0.25, -0.2) is 0 Å². The Morgan fingerprint density at radius 2 is 1.03 bits per heavy atom. The molecule has 0 N–H and O–H groups in total. The minimum atomic E-state index is -3.64. The Balaban J connectivity index is 2.17. The maximum atomic E-state index is 13.7. The van der Waals surface area contributed by atoms with Gasteiger partial charge in [0.15, 0.2) is 0 Å². The molecule has 0 bridgehead atoms. The Bertz CT molecular complexity index is 1310. The number of rotatable bonds is 8. The van der Waals surface area contributed by atoms with E-state index in [9.17, 15) is 9.59 Å². The summed E-state index contributed by atoms with van der Waals surface area (Å²) >= 11 is 0. The number of methoxy groups -OCH3 is 1. The molecule has 0 aromatic heterocycles. The number of hydrogen-bond acceptors (Lipinski definition) is 4. The summed E-state index contributed by atoms with van der Waals surface area (Å²) in [6.07, 6.45) is 0.643. The Labute approximate surface area is 225 Å². The van der Waals surface area contributed by atoms with Crippen LogP contribution in [0.4, 0.5) is 0 Å². The average molecular weight is 527 g/mol. The molecule has 4 nitrogen and oxygen atoms in total. The molecule has 5 heteroatoms. The summed E-state index contributed by atoms with van der Waals surface area (Å²) in [7, 11) is 1.65. The van der Waals surface area contributed by atoms with Crippen LogP contribution in [0.2, 0.25) is 0 Å². The van der Waals surface area contributed by atoms with Gasteiger partial charge in [-0.2, -0.15) is 0 Å². The number of carbonyl (C=O) groups excluding carboxylic acids is 2. The summed E-state index contributed by atoms with van der Waals surface area (Å²) in [5, 5.41) is 3.22. The normalized spacial score (nSPS) is 12.3. The van der Waals surface area contributed by atoms with Crippen LogP contribution in [0.1, 0.15) is 29.2 Å². The van der Waals surface area contributed by atoms with Crippen molar-refractivity contribution in [2.75, 3.05) is 13.3 Å². The summed E-state index contributed by atoms with van der Waals surface area (Å²) in [6, 6.07) is 33.5. The van der Waals surface area contributed by atoms with Gasteiger partial charge in [-0.15, -0.1) is 0 Å². The Hall–Kier alpha value is -3.75. The standard InChI is InChI=1S/C33H35O4P/c1-24-6-16-30(17-7-24)38(23-33(35)37-27(4)34,31-18-8-25(2)9-19-31,32-20-10-26(3)11-21-32)22-28-12-14-29(36-5)15-13-28/h6-21H,22-23H2,1-5H3. The maximum absolute atomic E-state index is 13.7. The zero-order chi connectivity index (χ0) is 27.4. The first kappa shape index (κ1) is 27.3. The summed E-state index contributed by atoms with van der Waals surface area (Å²) in [5.41, 5.74) is 4.47. The number of ether oxygens (including phenoxy) is 2. The van der Waals surface area contributed by atoms with Gasteiger partial charge in [-0.3, -0.25) is 0 Å². The molecule has 0 saturated heterocycles. The van der Waals surface area contributed by atoms with Crippen molar-refractivity contribution in [1.29, 1.82) is 0 Å². The van der Waals surface area contributed by atoms with E-state index in [1.807, 2.05) is 12.1 Å². The minimum absolute atomic E-state index is 0.0619. The molecule has 0 heterocycles. The number of benzene rings is 4. The number of aryl methyl sites for hydroxylation is 3. The molecule has 0 aliphatic rings. The van der Waals surface area contributed by atoms with Crippen LogP contribution in [0.25, 0.3) is 0 Å². The molecule has 0 radical (unpaired) electrons. The van der Waals surface area contributed by atoms with Gasteiger partial charge in [0.2, 0.25) is 0 Å². The van der Waals surface area contributed by atoms with E-state index in [1.54, 1.807) is 7.11 Å². The van der Waals surface area contributed by atoms with Gasteiger partial charge in [0, 0.05) is 0 Å². The SMILES string of the molecule is COc1ccc(CP(CC(=O)OC(C)=O)(c2ccc(C)cc2)(c2ccc(C)cc2)c2ccc(C)cc2)cc1. The molecule has 0 aliphatic carbocycles. The number of esters is 2. The van der Waals surface area contributed by atoms with Gasteiger partial charge in [0.25, 0.3) is 0 Å². The van der Waals surface area contributed by atoms with Crippen LogP contribution in [0.15, 0.2) is 97.1 Å². The van der Waals surface area contributed by atoms with Crippen molar-refractivity contribution in [2.45, 2.75) is 33.9 Å². The van der Waals surface area contributed by atoms with Crippen molar-refractivity contribution in [3.8, 4) is 5.75 Å². The molecular weight excluding hydrogens is 491 g/mol. The molecule has 0 spiro atoms. The van der Waals surface area contributed by atoms with E-state index in [0.29, 0.717) is 6.16 Å². The van der Waals surface area contributed by atoms with Crippen molar-refractivity contribution < 1.29 is 19.1 Å². The molecule has 4 aromatic rings. The van der Waals surface area contributed by atoms with Crippen LogP contribution >= 0.6 is 6.60 Å².